The number of hydrogen-bond donors (Lipinski definition) is 2. The minimum absolute atomic E-state index is 0.0324. The van der Waals surface area contributed by atoms with Gasteiger partial charge in [0.15, 0.2) is 0 Å². The van der Waals surface area contributed by atoms with Crippen molar-refractivity contribution in [2.75, 3.05) is 13.6 Å². The monoisotopic (exact) mass is 250 g/mol. The molecular weight excluding hydrogens is 228 g/mol. The quantitative estimate of drug-likeness (QED) is 0.862. The number of furan rings is 1. The molecule has 4 heteroatoms. The third-order valence-electron chi connectivity index (χ3n) is 3.41. The maximum absolute atomic E-state index is 11.7. The largest absolute Gasteiger partial charge is 0.466 e. The molecule has 0 radical (unpaired) electrons. The Bertz CT molecular complexity index is 449. The number of carbonyl (C=O) groups is 1. The van der Waals surface area contributed by atoms with Crippen molar-refractivity contribution >= 4 is 5.91 Å². The number of fused-ring (bicyclic) bond motifs is 1. The lowest BCUT2D eigenvalue weighted by Crippen LogP contribution is -2.39. The standard InChI is InChI=1S/C14H22N2O2/c1-9-5-10-11(16-13(17)8-15-4)6-14(2,3)7-12(10)18-9/h5,11,15H,6-8H2,1-4H3,(H,16,17). The van der Waals surface area contributed by atoms with E-state index in [-0.39, 0.29) is 17.4 Å². The third-order valence-corrected chi connectivity index (χ3v) is 3.41. The van der Waals surface area contributed by atoms with E-state index in [0.29, 0.717) is 6.54 Å². The Morgan fingerprint density at radius 2 is 2.28 bits per heavy atom. The normalized spacial score (nSPS) is 21.4. The molecule has 0 spiro atoms. The van der Waals surface area contributed by atoms with Crippen LogP contribution in [0, 0.1) is 12.3 Å². The zero-order valence-corrected chi connectivity index (χ0v) is 11.6. The van der Waals surface area contributed by atoms with Gasteiger partial charge in [0.25, 0.3) is 0 Å². The van der Waals surface area contributed by atoms with Crippen LogP contribution in [-0.4, -0.2) is 19.5 Å². The van der Waals surface area contributed by atoms with Gasteiger partial charge in [0.1, 0.15) is 11.5 Å². The van der Waals surface area contributed by atoms with E-state index in [1.54, 1.807) is 7.05 Å². The molecule has 0 saturated heterocycles. The zero-order valence-electron chi connectivity index (χ0n) is 11.6. The average Bonchev–Trinajstić information content (AvgIpc) is 2.57. The van der Waals surface area contributed by atoms with Crippen LogP contribution in [0.1, 0.15) is 43.4 Å². The number of hydrogen-bond acceptors (Lipinski definition) is 3. The van der Waals surface area contributed by atoms with E-state index in [0.717, 1.165) is 29.9 Å². The van der Waals surface area contributed by atoms with Gasteiger partial charge in [-0.05, 0) is 31.9 Å². The first-order valence-corrected chi connectivity index (χ1v) is 6.44. The van der Waals surface area contributed by atoms with Crippen molar-refractivity contribution in [3.8, 4) is 0 Å². The highest BCUT2D eigenvalue weighted by molar-refractivity contribution is 5.78. The lowest BCUT2D eigenvalue weighted by molar-refractivity contribution is -0.121. The smallest absolute Gasteiger partial charge is 0.234 e. The molecule has 1 aromatic rings. The van der Waals surface area contributed by atoms with Crippen molar-refractivity contribution in [1.29, 1.82) is 0 Å². The van der Waals surface area contributed by atoms with E-state index in [9.17, 15) is 4.79 Å². The Labute approximate surface area is 108 Å². The predicted octanol–water partition coefficient (Wildman–Crippen LogP) is 1.94. The molecule has 2 rings (SSSR count). The van der Waals surface area contributed by atoms with Crippen molar-refractivity contribution in [3.63, 3.8) is 0 Å². The van der Waals surface area contributed by atoms with Gasteiger partial charge < -0.3 is 15.1 Å². The van der Waals surface area contributed by atoms with Crippen LogP contribution < -0.4 is 10.6 Å². The molecule has 1 aromatic heterocycles. The number of amides is 1. The van der Waals surface area contributed by atoms with E-state index in [4.69, 9.17) is 4.42 Å². The molecule has 0 bridgehead atoms. The fourth-order valence-corrected chi connectivity index (χ4v) is 2.72. The summed E-state index contributed by atoms with van der Waals surface area (Å²) in [4.78, 5) is 11.7. The summed E-state index contributed by atoms with van der Waals surface area (Å²) >= 11 is 0. The number of rotatable bonds is 3. The van der Waals surface area contributed by atoms with E-state index < -0.39 is 0 Å². The number of carbonyl (C=O) groups excluding carboxylic acids is 1. The molecule has 0 aromatic carbocycles. The molecule has 100 valence electrons. The second-order valence-corrected chi connectivity index (χ2v) is 5.93. The van der Waals surface area contributed by atoms with Crippen LogP contribution in [-0.2, 0) is 11.2 Å². The molecule has 0 aliphatic heterocycles. The summed E-state index contributed by atoms with van der Waals surface area (Å²) in [6.07, 6.45) is 1.89. The summed E-state index contributed by atoms with van der Waals surface area (Å²) in [5.41, 5.74) is 1.31. The van der Waals surface area contributed by atoms with Gasteiger partial charge in [-0.1, -0.05) is 13.8 Å². The SMILES string of the molecule is CNCC(=O)NC1CC(C)(C)Cc2oc(C)cc21. The topological polar surface area (TPSA) is 54.3 Å². The summed E-state index contributed by atoms with van der Waals surface area (Å²) < 4.78 is 5.75. The Hall–Kier alpha value is -1.29. The highest BCUT2D eigenvalue weighted by Crippen LogP contribution is 2.41. The van der Waals surface area contributed by atoms with Crippen molar-refractivity contribution in [2.45, 2.75) is 39.7 Å². The first kappa shape index (κ1) is 13.1. The maximum atomic E-state index is 11.7. The molecule has 1 heterocycles. The lowest BCUT2D eigenvalue weighted by atomic mass is 9.74. The molecule has 1 atom stereocenters. The average molecular weight is 250 g/mol. The van der Waals surface area contributed by atoms with Crippen LogP contribution >= 0.6 is 0 Å². The second-order valence-electron chi connectivity index (χ2n) is 5.93. The molecule has 4 nitrogen and oxygen atoms in total. The zero-order chi connectivity index (χ0) is 13.3. The fraction of sp³-hybridized carbons (Fsp3) is 0.643. The minimum atomic E-state index is 0.0324. The summed E-state index contributed by atoms with van der Waals surface area (Å²) in [6.45, 7) is 6.73. The Kier molecular flexibility index (Phi) is 3.48. The van der Waals surface area contributed by atoms with Gasteiger partial charge in [-0.15, -0.1) is 0 Å². The Morgan fingerprint density at radius 1 is 1.56 bits per heavy atom. The van der Waals surface area contributed by atoms with Gasteiger partial charge in [-0.3, -0.25) is 4.79 Å². The highest BCUT2D eigenvalue weighted by atomic mass is 16.3. The van der Waals surface area contributed by atoms with Gasteiger partial charge in [-0.2, -0.15) is 0 Å². The molecule has 1 unspecified atom stereocenters. The predicted molar refractivity (Wildman–Crippen MR) is 70.4 cm³/mol. The first-order chi connectivity index (χ1) is 8.41. The highest BCUT2D eigenvalue weighted by Gasteiger charge is 2.35. The second kappa shape index (κ2) is 4.76. The van der Waals surface area contributed by atoms with E-state index in [1.807, 2.05) is 6.92 Å². The Morgan fingerprint density at radius 3 is 2.94 bits per heavy atom. The molecule has 1 aliphatic carbocycles. The summed E-state index contributed by atoms with van der Waals surface area (Å²) in [6, 6.07) is 2.12. The number of nitrogens with one attached hydrogen (secondary N) is 2. The minimum Gasteiger partial charge on any atom is -0.466 e. The number of likely N-dealkylation sites (N-methyl/N-ethyl adjacent to an activating group) is 1. The lowest BCUT2D eigenvalue weighted by Gasteiger charge is -2.34. The first-order valence-electron chi connectivity index (χ1n) is 6.44. The van der Waals surface area contributed by atoms with Crippen LogP contribution in [0.25, 0.3) is 0 Å². The molecule has 0 saturated carbocycles. The molecule has 18 heavy (non-hydrogen) atoms. The van der Waals surface area contributed by atoms with Crippen LogP contribution in [0.2, 0.25) is 0 Å². The van der Waals surface area contributed by atoms with Crippen LogP contribution in [0.5, 0.6) is 0 Å². The molecule has 0 fully saturated rings. The Balaban J connectivity index is 2.21. The molecule has 2 N–H and O–H groups in total. The van der Waals surface area contributed by atoms with Gasteiger partial charge in [0.05, 0.1) is 12.6 Å². The van der Waals surface area contributed by atoms with Crippen LogP contribution in [0.3, 0.4) is 0 Å². The van der Waals surface area contributed by atoms with Crippen LogP contribution in [0.15, 0.2) is 10.5 Å². The maximum Gasteiger partial charge on any atom is 0.234 e. The van der Waals surface area contributed by atoms with Crippen molar-refractivity contribution in [1.82, 2.24) is 10.6 Å². The summed E-state index contributed by atoms with van der Waals surface area (Å²) in [7, 11) is 1.78. The molecular formula is C14H22N2O2. The van der Waals surface area contributed by atoms with Gasteiger partial charge in [0, 0.05) is 12.0 Å². The van der Waals surface area contributed by atoms with E-state index >= 15 is 0 Å². The van der Waals surface area contributed by atoms with E-state index in [1.165, 1.54) is 0 Å². The summed E-state index contributed by atoms with van der Waals surface area (Å²) in [5.74, 6) is 1.98. The fourth-order valence-electron chi connectivity index (χ4n) is 2.72. The summed E-state index contributed by atoms with van der Waals surface area (Å²) in [5, 5.41) is 5.95. The van der Waals surface area contributed by atoms with E-state index in [2.05, 4.69) is 30.5 Å². The number of aryl methyl sites for hydroxylation is 1. The third kappa shape index (κ3) is 2.75. The van der Waals surface area contributed by atoms with Crippen molar-refractivity contribution < 1.29 is 9.21 Å². The van der Waals surface area contributed by atoms with Crippen molar-refractivity contribution in [2.24, 2.45) is 5.41 Å². The van der Waals surface area contributed by atoms with Crippen LogP contribution in [0.4, 0.5) is 0 Å². The molecule has 1 aliphatic rings. The van der Waals surface area contributed by atoms with Gasteiger partial charge in [0.2, 0.25) is 5.91 Å². The van der Waals surface area contributed by atoms with Gasteiger partial charge in [-0.25, -0.2) is 0 Å². The molecule has 1 amide bonds. The van der Waals surface area contributed by atoms with Crippen molar-refractivity contribution in [3.05, 3.63) is 23.2 Å². The van der Waals surface area contributed by atoms with Gasteiger partial charge >= 0.3 is 0 Å².